The van der Waals surface area contributed by atoms with Gasteiger partial charge in [0.1, 0.15) is 16.4 Å². The van der Waals surface area contributed by atoms with E-state index in [2.05, 4.69) is 4.99 Å². The number of aliphatic imine (C=N–C) groups is 1. The summed E-state index contributed by atoms with van der Waals surface area (Å²) in [6.45, 7) is 3.69. The number of hydrogen-bond acceptors (Lipinski definition) is 8. The fourth-order valence-electron chi connectivity index (χ4n) is 2.73. The van der Waals surface area contributed by atoms with Gasteiger partial charge in [0.15, 0.2) is 5.75 Å². The van der Waals surface area contributed by atoms with Crippen LogP contribution in [0, 0.1) is 17.0 Å². The van der Waals surface area contributed by atoms with E-state index in [1.165, 1.54) is 24.3 Å². The second-order valence-corrected chi connectivity index (χ2v) is 7.35. The van der Waals surface area contributed by atoms with Gasteiger partial charge in [-0.3, -0.25) is 10.1 Å². The summed E-state index contributed by atoms with van der Waals surface area (Å²) in [5.41, 5.74) is 1.43. The van der Waals surface area contributed by atoms with Gasteiger partial charge in [0.2, 0.25) is 0 Å². The molecule has 8 nitrogen and oxygen atoms in total. The van der Waals surface area contributed by atoms with Crippen molar-refractivity contribution in [2.45, 2.75) is 13.8 Å². The maximum absolute atomic E-state index is 12.4. The van der Waals surface area contributed by atoms with E-state index >= 15 is 0 Å². The van der Waals surface area contributed by atoms with Gasteiger partial charge >= 0.3 is 11.7 Å². The first kappa shape index (κ1) is 21.1. The van der Waals surface area contributed by atoms with Crippen LogP contribution in [-0.2, 0) is 9.53 Å². The fourth-order valence-corrected chi connectivity index (χ4v) is 3.77. The lowest BCUT2D eigenvalue weighted by Crippen LogP contribution is -2.12. The number of aliphatic hydroxyl groups excluding tert-OH is 1. The zero-order valence-electron chi connectivity index (χ0n) is 16.2. The van der Waals surface area contributed by atoms with Crippen LogP contribution in [0.25, 0.3) is 6.08 Å². The van der Waals surface area contributed by atoms with Crippen molar-refractivity contribution in [2.75, 3.05) is 6.61 Å². The van der Waals surface area contributed by atoms with Crippen LogP contribution in [0.5, 0.6) is 5.75 Å². The van der Waals surface area contributed by atoms with Gasteiger partial charge in [0.25, 0.3) is 0 Å². The van der Waals surface area contributed by atoms with Gasteiger partial charge in [0, 0.05) is 6.07 Å². The first-order valence-electron chi connectivity index (χ1n) is 8.93. The molecule has 2 aromatic rings. The minimum Gasteiger partial charge on any atom is -0.506 e. The molecule has 0 aliphatic carbocycles. The lowest BCUT2D eigenvalue weighted by Gasteiger charge is -2.04. The molecule has 1 aliphatic rings. The number of aryl methyl sites for hydroxylation is 1. The Morgan fingerprint density at radius 2 is 2.03 bits per heavy atom. The van der Waals surface area contributed by atoms with E-state index in [1.54, 1.807) is 13.0 Å². The zero-order valence-corrected chi connectivity index (χ0v) is 17.0. The minimum absolute atomic E-state index is 0.0668. The fraction of sp³-hybridized carbons (Fsp3) is 0.143. The lowest BCUT2D eigenvalue weighted by molar-refractivity contribution is -0.385. The highest BCUT2D eigenvalue weighted by Gasteiger charge is 2.33. The molecule has 0 saturated carbocycles. The predicted molar refractivity (Wildman–Crippen MR) is 115 cm³/mol. The van der Waals surface area contributed by atoms with E-state index in [0.717, 1.165) is 17.3 Å². The summed E-state index contributed by atoms with van der Waals surface area (Å²) < 4.78 is 5.05. The Morgan fingerprint density at radius 1 is 1.27 bits per heavy atom. The standard InChI is InChI=1S/C21H18N2O6S/c1-3-29-21(26)18-19(25)17(11-13-7-8-16(24)15(10-13)23(27)28)30-20(18)22-14-6-4-5-12(2)9-14/h4-11,24-25H,3H2,1-2H3/b17-11+,22-20?. The normalized spacial score (nSPS) is 16.3. The number of nitro benzene ring substituents is 1. The Hall–Kier alpha value is -3.59. The summed E-state index contributed by atoms with van der Waals surface area (Å²) >= 11 is 1.05. The maximum atomic E-state index is 12.4. The summed E-state index contributed by atoms with van der Waals surface area (Å²) in [6.07, 6.45) is 1.48. The van der Waals surface area contributed by atoms with Crippen LogP contribution >= 0.6 is 11.8 Å². The number of thioether (sulfide) groups is 1. The van der Waals surface area contributed by atoms with E-state index in [1.807, 2.05) is 25.1 Å². The van der Waals surface area contributed by atoms with Gasteiger partial charge in [-0.05, 0) is 49.2 Å². The molecule has 0 unspecified atom stereocenters. The van der Waals surface area contributed by atoms with Gasteiger partial charge in [-0.25, -0.2) is 9.79 Å². The number of benzene rings is 2. The monoisotopic (exact) mass is 426 g/mol. The molecule has 0 atom stereocenters. The number of nitrogens with zero attached hydrogens (tertiary/aromatic N) is 2. The smallest absolute Gasteiger partial charge is 0.344 e. The number of aromatic hydroxyl groups is 1. The number of nitro groups is 1. The van der Waals surface area contributed by atoms with Crippen LogP contribution in [0.1, 0.15) is 18.1 Å². The number of carbonyl (C=O) groups is 1. The van der Waals surface area contributed by atoms with Gasteiger partial charge in [0.05, 0.1) is 22.1 Å². The van der Waals surface area contributed by atoms with Crippen molar-refractivity contribution in [3.05, 3.63) is 79.9 Å². The van der Waals surface area contributed by atoms with Gasteiger partial charge in [-0.15, -0.1) is 0 Å². The van der Waals surface area contributed by atoms with Crippen LogP contribution in [0.3, 0.4) is 0 Å². The van der Waals surface area contributed by atoms with Crippen molar-refractivity contribution in [3.8, 4) is 5.75 Å². The summed E-state index contributed by atoms with van der Waals surface area (Å²) in [5, 5.41) is 31.6. The number of hydrogen-bond donors (Lipinski definition) is 2. The molecular formula is C21H18N2O6S. The highest BCUT2D eigenvalue weighted by atomic mass is 32.2. The van der Waals surface area contributed by atoms with Gasteiger partial charge < -0.3 is 14.9 Å². The van der Waals surface area contributed by atoms with Crippen molar-refractivity contribution < 1.29 is 24.7 Å². The third-order valence-electron chi connectivity index (χ3n) is 4.10. The molecule has 9 heteroatoms. The van der Waals surface area contributed by atoms with Gasteiger partial charge in [-0.2, -0.15) is 0 Å². The number of rotatable bonds is 5. The first-order chi connectivity index (χ1) is 14.3. The molecule has 2 N–H and O–H groups in total. The van der Waals surface area contributed by atoms with E-state index in [0.29, 0.717) is 11.3 Å². The predicted octanol–water partition coefficient (Wildman–Crippen LogP) is 4.80. The third kappa shape index (κ3) is 4.52. The van der Waals surface area contributed by atoms with Crippen molar-refractivity contribution >= 4 is 40.2 Å². The Kier molecular flexibility index (Phi) is 6.22. The molecule has 1 heterocycles. The average Bonchev–Trinajstić information content (AvgIpc) is 2.98. The van der Waals surface area contributed by atoms with Crippen LogP contribution < -0.4 is 0 Å². The molecule has 1 aliphatic heterocycles. The summed E-state index contributed by atoms with van der Waals surface area (Å²) in [7, 11) is 0. The minimum atomic E-state index is -0.714. The zero-order chi connectivity index (χ0) is 21.8. The highest BCUT2D eigenvalue weighted by Crippen LogP contribution is 2.41. The van der Waals surface area contributed by atoms with Crippen molar-refractivity contribution in [1.82, 2.24) is 0 Å². The average molecular weight is 426 g/mol. The summed E-state index contributed by atoms with van der Waals surface area (Å²) in [4.78, 5) is 27.5. The van der Waals surface area contributed by atoms with Crippen LogP contribution in [0.15, 0.2) is 63.7 Å². The Bertz CT molecular complexity index is 1120. The van der Waals surface area contributed by atoms with Gasteiger partial charge in [-0.1, -0.05) is 30.0 Å². The van der Waals surface area contributed by atoms with E-state index in [4.69, 9.17) is 4.74 Å². The number of esters is 1. The lowest BCUT2D eigenvalue weighted by atomic mass is 10.1. The van der Waals surface area contributed by atoms with E-state index in [-0.39, 0.29) is 27.9 Å². The molecule has 0 aromatic heterocycles. The SMILES string of the molecule is CCOC(=O)C1=C(O)/C(=C\c2ccc(O)c([N+](=O)[O-])c2)SC1=Nc1cccc(C)c1. The van der Waals surface area contributed by atoms with Crippen LogP contribution in [0.4, 0.5) is 11.4 Å². The molecule has 2 aromatic carbocycles. The quantitative estimate of drug-likeness (QED) is 0.400. The number of phenols is 1. The van der Waals surface area contributed by atoms with Crippen LogP contribution in [0.2, 0.25) is 0 Å². The summed E-state index contributed by atoms with van der Waals surface area (Å²) in [6, 6.07) is 11.2. The number of aliphatic hydroxyl groups is 1. The molecule has 0 radical (unpaired) electrons. The largest absolute Gasteiger partial charge is 0.506 e. The second-order valence-electron chi connectivity index (χ2n) is 6.32. The molecule has 0 bridgehead atoms. The first-order valence-corrected chi connectivity index (χ1v) is 9.75. The Morgan fingerprint density at radius 3 is 2.70 bits per heavy atom. The van der Waals surface area contributed by atoms with Crippen LogP contribution in [-0.4, -0.2) is 32.8 Å². The third-order valence-corrected chi connectivity index (χ3v) is 5.12. The number of phenolic OH excluding ortho intramolecular Hbond substituents is 1. The van der Waals surface area contributed by atoms with Crippen molar-refractivity contribution in [2.24, 2.45) is 4.99 Å². The second kappa shape index (κ2) is 8.83. The summed E-state index contributed by atoms with van der Waals surface area (Å²) in [5.74, 6) is -1.50. The maximum Gasteiger partial charge on any atom is 0.344 e. The Labute approximate surface area is 176 Å². The van der Waals surface area contributed by atoms with Crippen molar-refractivity contribution in [3.63, 3.8) is 0 Å². The topological polar surface area (TPSA) is 122 Å². The molecular weight excluding hydrogens is 408 g/mol. The van der Waals surface area contributed by atoms with E-state index < -0.39 is 22.3 Å². The molecule has 0 fully saturated rings. The number of carbonyl (C=O) groups excluding carboxylic acids is 1. The molecule has 0 saturated heterocycles. The molecule has 154 valence electrons. The molecule has 3 rings (SSSR count). The molecule has 0 spiro atoms. The Balaban J connectivity index is 2.07. The highest BCUT2D eigenvalue weighted by molar-refractivity contribution is 8.18. The van der Waals surface area contributed by atoms with Crippen molar-refractivity contribution in [1.29, 1.82) is 0 Å². The van der Waals surface area contributed by atoms with E-state index in [9.17, 15) is 25.1 Å². The molecule has 30 heavy (non-hydrogen) atoms. The number of ether oxygens (including phenoxy) is 1. The molecule has 0 amide bonds.